The zero-order valence-electron chi connectivity index (χ0n) is 14.9. The van der Waals surface area contributed by atoms with Crippen molar-refractivity contribution >= 4 is 27.3 Å². The zero-order valence-corrected chi connectivity index (χ0v) is 15.8. The fourth-order valence-corrected chi connectivity index (χ4v) is 4.58. The number of para-hydroxylation sites is 1. The smallest absolute Gasteiger partial charge is 0.249 e. The fraction of sp³-hybridized carbons (Fsp3) is 0.211. The van der Waals surface area contributed by atoms with Gasteiger partial charge in [0.25, 0.3) is 0 Å². The van der Waals surface area contributed by atoms with Gasteiger partial charge in [-0.2, -0.15) is 10.1 Å². The third-order valence-corrected chi connectivity index (χ3v) is 6.00. The van der Waals surface area contributed by atoms with Crippen LogP contribution in [0.1, 0.15) is 6.42 Å². The lowest BCUT2D eigenvalue weighted by Gasteiger charge is -2.12. The van der Waals surface area contributed by atoms with Crippen molar-refractivity contribution in [3.63, 3.8) is 0 Å². The Bertz CT molecular complexity index is 1040. The van der Waals surface area contributed by atoms with Gasteiger partial charge in [-0.15, -0.1) is 5.10 Å². The summed E-state index contributed by atoms with van der Waals surface area (Å²) >= 11 is 0. The average molecular weight is 397 g/mol. The van der Waals surface area contributed by atoms with Crippen LogP contribution in [0.15, 0.2) is 60.8 Å². The van der Waals surface area contributed by atoms with Gasteiger partial charge in [0, 0.05) is 11.7 Å². The molecule has 0 spiro atoms. The number of nitrogens with one attached hydrogen (secondary N) is 2. The van der Waals surface area contributed by atoms with E-state index in [1.54, 1.807) is 0 Å². The molecular formula is C19H19N5O3S. The molecule has 2 heterocycles. The Balaban J connectivity index is 1.39. The first kappa shape index (κ1) is 18.2. The number of nitrogens with zero attached hydrogens (tertiary/aromatic N) is 3. The molecule has 1 unspecified atom stereocenters. The highest BCUT2D eigenvalue weighted by molar-refractivity contribution is 7.91. The lowest BCUT2D eigenvalue weighted by atomic mass is 10.3. The summed E-state index contributed by atoms with van der Waals surface area (Å²) in [5.74, 6) is 2.61. The van der Waals surface area contributed by atoms with Crippen LogP contribution >= 0.6 is 0 Å². The van der Waals surface area contributed by atoms with Gasteiger partial charge < -0.3 is 15.4 Å². The minimum Gasteiger partial charge on any atom is -0.457 e. The van der Waals surface area contributed by atoms with Gasteiger partial charge in [-0.05, 0) is 42.8 Å². The topological polar surface area (TPSA) is 106 Å². The molecule has 1 fully saturated rings. The molecule has 2 N–H and O–H groups in total. The summed E-state index contributed by atoms with van der Waals surface area (Å²) in [5.41, 5.74) is 0.780. The first-order valence-corrected chi connectivity index (χ1v) is 10.6. The van der Waals surface area contributed by atoms with E-state index >= 15 is 0 Å². The lowest BCUT2D eigenvalue weighted by Crippen LogP contribution is -2.21. The second kappa shape index (κ2) is 7.81. The zero-order chi connectivity index (χ0) is 19.4. The molecule has 0 amide bonds. The van der Waals surface area contributed by atoms with E-state index in [0.717, 1.165) is 11.4 Å². The van der Waals surface area contributed by atoms with Gasteiger partial charge in [0.2, 0.25) is 5.95 Å². The maximum atomic E-state index is 11.6. The molecule has 1 aliphatic heterocycles. The Morgan fingerprint density at radius 2 is 1.75 bits per heavy atom. The Hall–Kier alpha value is -3.20. The molecule has 0 aliphatic carbocycles. The molecule has 1 aromatic heterocycles. The van der Waals surface area contributed by atoms with Crippen molar-refractivity contribution in [1.29, 1.82) is 0 Å². The molecule has 2 aromatic carbocycles. The molecule has 28 heavy (non-hydrogen) atoms. The Kier molecular flexibility index (Phi) is 5.07. The SMILES string of the molecule is O=S1(=O)CCC(Nc2cnnc(Nc3ccc(Oc4ccccc4)cc3)n2)C1. The van der Waals surface area contributed by atoms with Crippen molar-refractivity contribution < 1.29 is 13.2 Å². The Morgan fingerprint density at radius 1 is 1.00 bits per heavy atom. The quantitative estimate of drug-likeness (QED) is 0.654. The van der Waals surface area contributed by atoms with Crippen molar-refractivity contribution in [2.75, 3.05) is 22.1 Å². The van der Waals surface area contributed by atoms with Crippen molar-refractivity contribution in [1.82, 2.24) is 15.2 Å². The maximum absolute atomic E-state index is 11.6. The van der Waals surface area contributed by atoms with E-state index in [0.29, 0.717) is 23.9 Å². The van der Waals surface area contributed by atoms with Crippen LogP contribution in [-0.2, 0) is 9.84 Å². The largest absolute Gasteiger partial charge is 0.457 e. The predicted octanol–water partition coefficient (Wildman–Crippen LogP) is 3.01. The number of sulfone groups is 1. The molecule has 0 saturated carbocycles. The third kappa shape index (κ3) is 4.74. The number of hydrogen-bond donors (Lipinski definition) is 2. The minimum absolute atomic E-state index is 0.114. The third-order valence-electron chi connectivity index (χ3n) is 4.23. The van der Waals surface area contributed by atoms with Crippen LogP contribution in [0, 0.1) is 0 Å². The highest BCUT2D eigenvalue weighted by Crippen LogP contribution is 2.24. The molecule has 1 atom stereocenters. The summed E-state index contributed by atoms with van der Waals surface area (Å²) in [4.78, 5) is 4.35. The normalized spacial score (nSPS) is 17.8. The molecule has 0 bridgehead atoms. The van der Waals surface area contributed by atoms with Crippen LogP contribution in [0.2, 0.25) is 0 Å². The number of ether oxygens (including phenoxy) is 1. The molecule has 4 rings (SSSR count). The average Bonchev–Trinajstić information content (AvgIpc) is 3.03. The van der Waals surface area contributed by atoms with Crippen molar-refractivity contribution in [3.05, 3.63) is 60.8 Å². The monoisotopic (exact) mass is 397 g/mol. The van der Waals surface area contributed by atoms with E-state index in [1.807, 2.05) is 54.6 Å². The highest BCUT2D eigenvalue weighted by atomic mass is 32.2. The van der Waals surface area contributed by atoms with Gasteiger partial charge >= 0.3 is 0 Å². The fourth-order valence-electron chi connectivity index (χ4n) is 2.90. The summed E-state index contributed by atoms with van der Waals surface area (Å²) in [6.07, 6.45) is 2.05. The standard InChI is InChI=1S/C19H19N5O3S/c25-28(26)11-10-15(13-28)21-18-12-20-24-19(23-18)22-14-6-8-17(9-7-14)27-16-4-2-1-3-5-16/h1-9,12,15H,10-11,13H2,(H2,21,22,23,24). The van der Waals surface area contributed by atoms with Crippen molar-refractivity contribution in [2.24, 2.45) is 0 Å². The number of benzene rings is 2. The molecular weight excluding hydrogens is 378 g/mol. The first-order valence-electron chi connectivity index (χ1n) is 8.82. The number of anilines is 3. The second-order valence-corrected chi connectivity index (χ2v) is 8.70. The number of rotatable bonds is 6. The van der Waals surface area contributed by atoms with Crippen LogP contribution in [-0.4, -0.2) is 41.1 Å². The Morgan fingerprint density at radius 3 is 2.46 bits per heavy atom. The molecule has 9 heteroatoms. The van der Waals surface area contributed by atoms with Gasteiger partial charge in [-0.25, -0.2) is 8.42 Å². The van der Waals surface area contributed by atoms with Gasteiger partial charge in [-0.3, -0.25) is 0 Å². The van der Waals surface area contributed by atoms with E-state index in [2.05, 4.69) is 25.8 Å². The van der Waals surface area contributed by atoms with Crippen LogP contribution < -0.4 is 15.4 Å². The van der Waals surface area contributed by atoms with E-state index < -0.39 is 9.84 Å². The second-order valence-electron chi connectivity index (χ2n) is 6.47. The predicted molar refractivity (Wildman–Crippen MR) is 107 cm³/mol. The van der Waals surface area contributed by atoms with Crippen LogP contribution in [0.5, 0.6) is 11.5 Å². The Labute approximate surface area is 162 Å². The van der Waals surface area contributed by atoms with Gasteiger partial charge in [-0.1, -0.05) is 18.2 Å². The van der Waals surface area contributed by atoms with E-state index in [9.17, 15) is 8.42 Å². The molecule has 1 saturated heterocycles. The van der Waals surface area contributed by atoms with Gasteiger partial charge in [0.1, 0.15) is 11.5 Å². The minimum atomic E-state index is -2.95. The lowest BCUT2D eigenvalue weighted by molar-refractivity contribution is 0.483. The molecule has 144 valence electrons. The van der Waals surface area contributed by atoms with Gasteiger partial charge in [0.05, 0.1) is 17.7 Å². The van der Waals surface area contributed by atoms with Crippen molar-refractivity contribution in [3.8, 4) is 11.5 Å². The first-order chi connectivity index (χ1) is 13.6. The summed E-state index contributed by atoms with van der Waals surface area (Å²) in [7, 11) is -2.95. The summed E-state index contributed by atoms with van der Waals surface area (Å²) < 4.78 is 28.9. The van der Waals surface area contributed by atoms with E-state index in [4.69, 9.17) is 4.74 Å². The van der Waals surface area contributed by atoms with Crippen LogP contribution in [0.25, 0.3) is 0 Å². The van der Waals surface area contributed by atoms with E-state index in [1.165, 1.54) is 6.20 Å². The van der Waals surface area contributed by atoms with Crippen molar-refractivity contribution in [2.45, 2.75) is 12.5 Å². The molecule has 8 nitrogen and oxygen atoms in total. The summed E-state index contributed by atoms with van der Waals surface area (Å²) in [6, 6.07) is 16.8. The highest BCUT2D eigenvalue weighted by Gasteiger charge is 2.28. The molecule has 3 aromatic rings. The summed E-state index contributed by atoms with van der Waals surface area (Å²) in [5, 5.41) is 14.1. The number of aromatic nitrogens is 3. The summed E-state index contributed by atoms with van der Waals surface area (Å²) in [6.45, 7) is 0. The maximum Gasteiger partial charge on any atom is 0.249 e. The number of hydrogen-bond acceptors (Lipinski definition) is 8. The van der Waals surface area contributed by atoms with Gasteiger partial charge in [0.15, 0.2) is 15.7 Å². The van der Waals surface area contributed by atoms with E-state index in [-0.39, 0.29) is 17.5 Å². The van der Waals surface area contributed by atoms with Crippen LogP contribution in [0.4, 0.5) is 17.5 Å². The molecule has 1 aliphatic rings. The molecule has 0 radical (unpaired) electrons. The van der Waals surface area contributed by atoms with Crippen LogP contribution in [0.3, 0.4) is 0 Å².